The molecule has 0 radical (unpaired) electrons. The van der Waals surface area contributed by atoms with Gasteiger partial charge < -0.3 is 5.11 Å². The van der Waals surface area contributed by atoms with Crippen LogP contribution in [0, 0.1) is 5.82 Å². The summed E-state index contributed by atoms with van der Waals surface area (Å²) < 4.78 is 13.2. The van der Waals surface area contributed by atoms with Gasteiger partial charge in [0.1, 0.15) is 5.82 Å². The fraction of sp³-hybridized carbons (Fsp3) is 0.500. The lowest BCUT2D eigenvalue weighted by atomic mass is 10.1. The van der Waals surface area contributed by atoms with Crippen LogP contribution in [0.5, 0.6) is 0 Å². The van der Waals surface area contributed by atoms with Crippen molar-refractivity contribution in [1.29, 1.82) is 0 Å². The third-order valence-electron chi connectivity index (χ3n) is 2.98. The molecule has 4 heteroatoms. The molecular weight excluding hydrogens is 229 g/mol. The zero-order valence-corrected chi connectivity index (χ0v) is 9.75. The molecule has 1 aromatic rings. The van der Waals surface area contributed by atoms with Crippen LogP contribution in [0.25, 0.3) is 0 Å². The van der Waals surface area contributed by atoms with E-state index in [1.54, 1.807) is 6.07 Å². The van der Waals surface area contributed by atoms with Crippen molar-refractivity contribution in [3.05, 3.63) is 34.6 Å². The smallest absolute Gasteiger partial charge is 0.142 e. The largest absolute Gasteiger partial charge is 0.393 e. The first-order valence-electron chi connectivity index (χ1n) is 5.50. The second kappa shape index (κ2) is 5.13. The van der Waals surface area contributed by atoms with Gasteiger partial charge in [0.05, 0.1) is 11.1 Å². The first kappa shape index (κ1) is 11.8. The van der Waals surface area contributed by atoms with Gasteiger partial charge >= 0.3 is 0 Å². The zero-order chi connectivity index (χ0) is 11.5. The van der Waals surface area contributed by atoms with Crippen LogP contribution in [-0.2, 0) is 6.54 Å². The number of aliphatic hydroxyl groups excluding tert-OH is 1. The molecule has 0 unspecified atom stereocenters. The minimum absolute atomic E-state index is 0.181. The van der Waals surface area contributed by atoms with Crippen LogP contribution in [-0.4, -0.2) is 29.2 Å². The Hall–Kier alpha value is -0.640. The Bertz CT molecular complexity index is 364. The number of nitrogens with zero attached hydrogens (tertiary/aromatic N) is 1. The number of likely N-dealkylation sites (tertiary alicyclic amines) is 1. The van der Waals surface area contributed by atoms with Gasteiger partial charge in [-0.25, -0.2) is 4.39 Å². The van der Waals surface area contributed by atoms with Crippen LogP contribution in [0.2, 0.25) is 5.02 Å². The first-order valence-corrected chi connectivity index (χ1v) is 5.88. The molecule has 1 saturated heterocycles. The normalized spacial score (nSPS) is 18.9. The predicted molar refractivity (Wildman–Crippen MR) is 61.9 cm³/mol. The quantitative estimate of drug-likeness (QED) is 0.863. The summed E-state index contributed by atoms with van der Waals surface area (Å²) in [6.07, 6.45) is 1.39. The molecule has 0 spiro atoms. The van der Waals surface area contributed by atoms with Gasteiger partial charge in [-0.15, -0.1) is 0 Å². The molecule has 1 fully saturated rings. The number of halogens is 2. The summed E-state index contributed by atoms with van der Waals surface area (Å²) in [5.41, 5.74) is 0.818. The summed E-state index contributed by atoms with van der Waals surface area (Å²) in [5.74, 6) is -0.365. The fourth-order valence-corrected chi connectivity index (χ4v) is 2.17. The highest BCUT2D eigenvalue weighted by Gasteiger charge is 2.18. The maximum atomic E-state index is 13.2. The van der Waals surface area contributed by atoms with Crippen molar-refractivity contribution in [1.82, 2.24) is 4.90 Å². The van der Waals surface area contributed by atoms with Gasteiger partial charge in [0.25, 0.3) is 0 Å². The summed E-state index contributed by atoms with van der Waals surface area (Å²) in [6.45, 7) is 2.34. The Morgan fingerprint density at radius 1 is 1.38 bits per heavy atom. The van der Waals surface area contributed by atoms with E-state index in [2.05, 4.69) is 4.90 Å². The molecule has 1 aliphatic heterocycles. The van der Waals surface area contributed by atoms with E-state index in [1.165, 1.54) is 6.07 Å². The third-order valence-corrected chi connectivity index (χ3v) is 3.41. The lowest BCUT2D eigenvalue weighted by molar-refractivity contribution is 0.0792. The van der Waals surface area contributed by atoms with Crippen molar-refractivity contribution in [3.8, 4) is 0 Å². The maximum absolute atomic E-state index is 13.2. The summed E-state index contributed by atoms with van der Waals surface area (Å²) in [5, 5.41) is 9.60. The molecule has 1 aromatic carbocycles. The fourth-order valence-electron chi connectivity index (χ4n) is 1.99. The molecule has 16 heavy (non-hydrogen) atoms. The number of aliphatic hydroxyl groups is 1. The molecule has 0 saturated carbocycles. The van der Waals surface area contributed by atoms with Crippen LogP contribution < -0.4 is 0 Å². The maximum Gasteiger partial charge on any atom is 0.142 e. The lowest BCUT2D eigenvalue weighted by Gasteiger charge is -2.29. The zero-order valence-electron chi connectivity index (χ0n) is 9.00. The second-order valence-electron chi connectivity index (χ2n) is 4.22. The lowest BCUT2D eigenvalue weighted by Crippen LogP contribution is -2.35. The minimum atomic E-state index is -0.365. The summed E-state index contributed by atoms with van der Waals surface area (Å²) >= 11 is 5.89. The van der Waals surface area contributed by atoms with Gasteiger partial charge in [-0.3, -0.25) is 4.90 Å². The minimum Gasteiger partial charge on any atom is -0.393 e. The highest BCUT2D eigenvalue weighted by atomic mass is 35.5. The van der Waals surface area contributed by atoms with E-state index in [4.69, 9.17) is 11.6 Å². The van der Waals surface area contributed by atoms with Crippen molar-refractivity contribution in [3.63, 3.8) is 0 Å². The third kappa shape index (κ3) is 2.73. The van der Waals surface area contributed by atoms with E-state index in [0.29, 0.717) is 6.54 Å². The molecular formula is C12H15ClFNO. The van der Waals surface area contributed by atoms with E-state index in [-0.39, 0.29) is 16.9 Å². The summed E-state index contributed by atoms with van der Waals surface area (Å²) in [4.78, 5) is 2.19. The molecule has 1 heterocycles. The number of benzene rings is 1. The van der Waals surface area contributed by atoms with Crippen molar-refractivity contribution in [2.45, 2.75) is 25.5 Å². The predicted octanol–water partition coefficient (Wildman–Crippen LogP) is 2.44. The van der Waals surface area contributed by atoms with E-state index in [1.807, 2.05) is 6.07 Å². The van der Waals surface area contributed by atoms with Crippen LogP contribution in [0.1, 0.15) is 18.4 Å². The van der Waals surface area contributed by atoms with Crippen molar-refractivity contribution in [2.24, 2.45) is 0 Å². The van der Waals surface area contributed by atoms with E-state index < -0.39 is 0 Å². The van der Waals surface area contributed by atoms with Crippen LogP contribution in [0.3, 0.4) is 0 Å². The molecule has 0 bridgehead atoms. The Balaban J connectivity index is 2.01. The van der Waals surface area contributed by atoms with Gasteiger partial charge in [-0.05, 0) is 24.5 Å². The number of hydrogen-bond donors (Lipinski definition) is 1. The standard InChI is InChI=1S/C12H15ClFNO/c13-12-9(2-1-3-11(12)14)8-15-6-4-10(16)5-7-15/h1-3,10,16H,4-8H2. The average molecular weight is 244 g/mol. The van der Waals surface area contributed by atoms with E-state index in [0.717, 1.165) is 31.5 Å². The van der Waals surface area contributed by atoms with Gasteiger partial charge in [0, 0.05) is 19.6 Å². The highest BCUT2D eigenvalue weighted by molar-refractivity contribution is 6.31. The SMILES string of the molecule is OC1CCN(Cc2cccc(F)c2Cl)CC1. The monoisotopic (exact) mass is 243 g/mol. The molecule has 0 aromatic heterocycles. The van der Waals surface area contributed by atoms with Gasteiger partial charge in [-0.2, -0.15) is 0 Å². The number of piperidine rings is 1. The summed E-state index contributed by atoms with van der Waals surface area (Å²) in [7, 11) is 0. The average Bonchev–Trinajstić information content (AvgIpc) is 2.28. The molecule has 2 nitrogen and oxygen atoms in total. The molecule has 1 aliphatic rings. The molecule has 88 valence electrons. The Morgan fingerprint density at radius 3 is 2.75 bits per heavy atom. The summed E-state index contributed by atoms with van der Waals surface area (Å²) in [6, 6.07) is 4.89. The Kier molecular flexibility index (Phi) is 3.79. The van der Waals surface area contributed by atoms with Crippen molar-refractivity contribution in [2.75, 3.05) is 13.1 Å². The molecule has 1 N–H and O–H groups in total. The van der Waals surface area contributed by atoms with Gasteiger partial charge in [0.2, 0.25) is 0 Å². The van der Waals surface area contributed by atoms with Crippen LogP contribution >= 0.6 is 11.6 Å². The molecule has 0 aliphatic carbocycles. The Morgan fingerprint density at radius 2 is 2.06 bits per heavy atom. The van der Waals surface area contributed by atoms with E-state index >= 15 is 0 Å². The van der Waals surface area contributed by atoms with Crippen LogP contribution in [0.4, 0.5) is 4.39 Å². The van der Waals surface area contributed by atoms with Crippen molar-refractivity contribution >= 4 is 11.6 Å². The van der Waals surface area contributed by atoms with Gasteiger partial charge in [0.15, 0.2) is 0 Å². The number of hydrogen-bond acceptors (Lipinski definition) is 2. The van der Waals surface area contributed by atoms with E-state index in [9.17, 15) is 9.50 Å². The van der Waals surface area contributed by atoms with Gasteiger partial charge in [-0.1, -0.05) is 23.7 Å². The molecule has 2 rings (SSSR count). The van der Waals surface area contributed by atoms with Crippen LogP contribution in [0.15, 0.2) is 18.2 Å². The molecule has 0 atom stereocenters. The topological polar surface area (TPSA) is 23.5 Å². The first-order chi connectivity index (χ1) is 7.66. The second-order valence-corrected chi connectivity index (χ2v) is 4.60. The van der Waals surface area contributed by atoms with Crippen molar-refractivity contribution < 1.29 is 9.50 Å². The molecule has 0 amide bonds. The Labute approximate surface area is 99.6 Å². The number of rotatable bonds is 2. The highest BCUT2D eigenvalue weighted by Crippen LogP contribution is 2.22.